The fourth-order valence-corrected chi connectivity index (χ4v) is 3.09. The zero-order valence-corrected chi connectivity index (χ0v) is 15.1. The number of halogens is 2. The van der Waals surface area contributed by atoms with Crippen LogP contribution in [0.25, 0.3) is 0 Å². The topological polar surface area (TPSA) is 66.5 Å². The third kappa shape index (κ3) is 6.20. The Balaban J connectivity index is 1.91. The molecule has 0 radical (unpaired) electrons. The smallest absolute Gasteiger partial charge is 0.221 e. The average Bonchev–Trinajstić information content (AvgIpc) is 2.58. The van der Waals surface area contributed by atoms with Crippen LogP contribution in [-0.2, 0) is 27.9 Å². The summed E-state index contributed by atoms with van der Waals surface area (Å²) in [5.41, 5.74) is 0.968. The Hall–Kier alpha value is -2.32. The van der Waals surface area contributed by atoms with E-state index in [2.05, 4.69) is 5.32 Å². The molecule has 2 rings (SSSR count). The highest BCUT2D eigenvalue weighted by Gasteiger charge is 2.19. The van der Waals surface area contributed by atoms with Crippen molar-refractivity contribution < 1.29 is 22.0 Å². The maximum atomic E-state index is 13.7. The van der Waals surface area contributed by atoms with Crippen LogP contribution in [0.2, 0.25) is 0 Å². The van der Waals surface area contributed by atoms with Crippen LogP contribution in [0.4, 0.5) is 8.78 Å². The largest absolute Gasteiger partial charge is 0.352 e. The van der Waals surface area contributed by atoms with E-state index in [1.165, 1.54) is 30.3 Å². The molecule has 0 spiro atoms. The summed E-state index contributed by atoms with van der Waals surface area (Å²) in [4.78, 5) is 12.0. The maximum absolute atomic E-state index is 13.7. The Labute approximate surface area is 151 Å². The summed E-state index contributed by atoms with van der Waals surface area (Å²) in [6.45, 7) is 0.00443. The van der Waals surface area contributed by atoms with Gasteiger partial charge in [-0.2, -0.15) is 4.31 Å². The van der Waals surface area contributed by atoms with Crippen LogP contribution in [0.3, 0.4) is 0 Å². The van der Waals surface area contributed by atoms with Gasteiger partial charge in [-0.15, -0.1) is 0 Å². The van der Waals surface area contributed by atoms with Gasteiger partial charge in [0, 0.05) is 31.6 Å². The Bertz CT molecular complexity index is 855. The van der Waals surface area contributed by atoms with E-state index in [1.807, 2.05) is 0 Å². The molecule has 5 nitrogen and oxygen atoms in total. The molecule has 0 saturated heterocycles. The lowest BCUT2D eigenvalue weighted by molar-refractivity contribution is -0.121. The van der Waals surface area contributed by atoms with Crippen molar-refractivity contribution in [2.45, 2.75) is 19.5 Å². The number of amides is 1. The summed E-state index contributed by atoms with van der Waals surface area (Å²) in [5, 5.41) is 2.64. The lowest BCUT2D eigenvalue weighted by Gasteiger charge is -2.20. The van der Waals surface area contributed by atoms with Crippen molar-refractivity contribution in [2.75, 3.05) is 12.8 Å². The minimum absolute atomic E-state index is 0.0667. The zero-order chi connectivity index (χ0) is 19.2. The zero-order valence-electron chi connectivity index (χ0n) is 14.3. The summed E-state index contributed by atoms with van der Waals surface area (Å²) in [6.07, 6.45) is 0.951. The van der Waals surface area contributed by atoms with Crippen molar-refractivity contribution in [3.05, 3.63) is 71.3 Å². The molecule has 2 aromatic carbocycles. The van der Waals surface area contributed by atoms with Crippen LogP contribution in [0.15, 0.2) is 48.5 Å². The van der Waals surface area contributed by atoms with Gasteiger partial charge >= 0.3 is 0 Å². The quantitative estimate of drug-likeness (QED) is 0.763. The third-order valence-corrected chi connectivity index (χ3v) is 5.01. The van der Waals surface area contributed by atoms with Gasteiger partial charge in [0.15, 0.2) is 0 Å². The molecule has 0 aliphatic heterocycles. The van der Waals surface area contributed by atoms with Gasteiger partial charge in [-0.25, -0.2) is 17.2 Å². The summed E-state index contributed by atoms with van der Waals surface area (Å²) in [6, 6.07) is 11.6. The van der Waals surface area contributed by atoms with E-state index in [1.54, 1.807) is 18.2 Å². The molecule has 140 valence electrons. The normalized spacial score (nSPS) is 11.5. The van der Waals surface area contributed by atoms with Crippen LogP contribution >= 0.6 is 0 Å². The molecule has 1 amide bonds. The number of nitrogens with zero attached hydrogens (tertiary/aromatic N) is 1. The van der Waals surface area contributed by atoms with Crippen LogP contribution < -0.4 is 5.32 Å². The second kappa shape index (κ2) is 8.86. The molecule has 0 aliphatic carbocycles. The molecule has 0 heterocycles. The molecule has 1 N–H and O–H groups in total. The molecule has 0 aromatic heterocycles. The van der Waals surface area contributed by atoms with E-state index in [0.717, 1.165) is 16.1 Å². The van der Waals surface area contributed by atoms with Gasteiger partial charge in [0.2, 0.25) is 15.9 Å². The lowest BCUT2D eigenvalue weighted by Crippen LogP contribution is -2.34. The Morgan fingerprint density at radius 2 is 1.73 bits per heavy atom. The van der Waals surface area contributed by atoms with Crippen LogP contribution in [-0.4, -0.2) is 31.4 Å². The Kier molecular flexibility index (Phi) is 6.82. The van der Waals surface area contributed by atoms with Gasteiger partial charge in [0.1, 0.15) is 11.6 Å². The first kappa shape index (κ1) is 20.0. The third-order valence-electron chi connectivity index (χ3n) is 3.76. The summed E-state index contributed by atoms with van der Waals surface area (Å²) in [7, 11) is -3.60. The minimum Gasteiger partial charge on any atom is -0.352 e. The van der Waals surface area contributed by atoms with Crippen LogP contribution in [0.5, 0.6) is 0 Å². The lowest BCUT2D eigenvalue weighted by atomic mass is 10.2. The fourth-order valence-electron chi connectivity index (χ4n) is 2.30. The van der Waals surface area contributed by atoms with Crippen LogP contribution in [0.1, 0.15) is 17.5 Å². The van der Waals surface area contributed by atoms with E-state index >= 15 is 0 Å². The van der Waals surface area contributed by atoms with E-state index in [0.29, 0.717) is 0 Å². The van der Waals surface area contributed by atoms with Gasteiger partial charge in [0.25, 0.3) is 0 Å². The van der Waals surface area contributed by atoms with Gasteiger partial charge in [-0.3, -0.25) is 4.79 Å². The number of carbonyl (C=O) groups excluding carboxylic acids is 1. The SMILES string of the molecule is CS(=O)(=O)N(CCC(=O)NCc1ccc(F)cc1)Cc1ccccc1F. The first-order valence-corrected chi connectivity index (χ1v) is 9.80. The molecule has 0 saturated carbocycles. The standard InChI is InChI=1S/C18H20F2N2O3S/c1-26(24,25)22(13-15-4-2-3-5-17(15)20)11-10-18(23)21-12-14-6-8-16(19)9-7-14/h2-9H,10-13H2,1H3,(H,21,23). The molecule has 26 heavy (non-hydrogen) atoms. The van der Waals surface area contributed by atoms with Gasteiger partial charge in [-0.05, 0) is 23.8 Å². The molecule has 0 bridgehead atoms. The van der Waals surface area contributed by atoms with Gasteiger partial charge in [0.05, 0.1) is 6.26 Å². The summed E-state index contributed by atoms with van der Waals surface area (Å²) in [5.74, 6) is -1.21. The first-order chi connectivity index (χ1) is 12.3. The Morgan fingerprint density at radius 1 is 1.08 bits per heavy atom. The number of nitrogens with one attached hydrogen (secondary N) is 1. The number of carbonyl (C=O) groups is 1. The monoisotopic (exact) mass is 382 g/mol. The molecule has 8 heteroatoms. The molecular weight excluding hydrogens is 362 g/mol. The second-order valence-electron chi connectivity index (χ2n) is 5.84. The highest BCUT2D eigenvalue weighted by Crippen LogP contribution is 2.13. The van der Waals surface area contributed by atoms with E-state index in [9.17, 15) is 22.0 Å². The first-order valence-electron chi connectivity index (χ1n) is 7.95. The Morgan fingerprint density at radius 3 is 2.35 bits per heavy atom. The number of rotatable bonds is 8. The van der Waals surface area contributed by atoms with E-state index < -0.39 is 15.8 Å². The summed E-state index contributed by atoms with van der Waals surface area (Å²) >= 11 is 0. The number of hydrogen-bond acceptors (Lipinski definition) is 3. The molecule has 0 unspecified atom stereocenters. The second-order valence-corrected chi connectivity index (χ2v) is 7.82. The van der Waals surface area contributed by atoms with Gasteiger partial charge in [-0.1, -0.05) is 30.3 Å². The predicted molar refractivity (Wildman–Crippen MR) is 94.5 cm³/mol. The number of benzene rings is 2. The molecule has 0 fully saturated rings. The van der Waals surface area contributed by atoms with Crippen molar-refractivity contribution in [3.63, 3.8) is 0 Å². The molecular formula is C18H20F2N2O3S. The number of hydrogen-bond donors (Lipinski definition) is 1. The minimum atomic E-state index is -3.60. The highest BCUT2D eigenvalue weighted by atomic mass is 32.2. The average molecular weight is 382 g/mol. The van der Waals surface area contributed by atoms with Crippen molar-refractivity contribution in [2.24, 2.45) is 0 Å². The van der Waals surface area contributed by atoms with E-state index in [4.69, 9.17) is 0 Å². The van der Waals surface area contributed by atoms with Gasteiger partial charge < -0.3 is 5.32 Å². The van der Waals surface area contributed by atoms with Crippen molar-refractivity contribution in [3.8, 4) is 0 Å². The number of sulfonamides is 1. The molecule has 0 aliphatic rings. The van der Waals surface area contributed by atoms with Crippen LogP contribution in [0, 0.1) is 11.6 Å². The molecule has 2 aromatic rings. The molecule has 0 atom stereocenters. The summed E-state index contributed by atoms with van der Waals surface area (Å²) < 4.78 is 51.5. The van der Waals surface area contributed by atoms with Crippen molar-refractivity contribution in [1.29, 1.82) is 0 Å². The fraction of sp³-hybridized carbons (Fsp3) is 0.278. The van der Waals surface area contributed by atoms with Crippen molar-refractivity contribution >= 4 is 15.9 Å². The van der Waals surface area contributed by atoms with Crippen molar-refractivity contribution in [1.82, 2.24) is 9.62 Å². The maximum Gasteiger partial charge on any atom is 0.221 e. The van der Waals surface area contributed by atoms with E-state index in [-0.39, 0.29) is 43.3 Å². The highest BCUT2D eigenvalue weighted by molar-refractivity contribution is 7.88. The predicted octanol–water partition coefficient (Wildman–Crippen LogP) is 2.43.